The minimum Gasteiger partial charge on any atom is -0.316 e. The molecule has 0 unspecified atom stereocenters. The Morgan fingerprint density at radius 2 is 1.84 bits per heavy atom. The van der Waals surface area contributed by atoms with Crippen LogP contribution in [0.5, 0.6) is 0 Å². The molecule has 0 aliphatic carbocycles. The summed E-state index contributed by atoms with van der Waals surface area (Å²) in [5.41, 5.74) is 4.78. The second-order valence-corrected chi connectivity index (χ2v) is 4.64. The fourth-order valence-electron chi connectivity index (χ4n) is 2.31. The summed E-state index contributed by atoms with van der Waals surface area (Å²) in [6.07, 6.45) is 1.84. The van der Waals surface area contributed by atoms with Gasteiger partial charge in [0.2, 0.25) is 0 Å². The molecule has 19 heavy (non-hydrogen) atoms. The van der Waals surface area contributed by atoms with Crippen molar-refractivity contribution in [2.75, 3.05) is 7.05 Å². The molecule has 0 saturated carbocycles. The van der Waals surface area contributed by atoms with Crippen molar-refractivity contribution in [3.63, 3.8) is 0 Å². The van der Waals surface area contributed by atoms with Gasteiger partial charge in [-0.2, -0.15) is 0 Å². The first-order valence-corrected chi connectivity index (χ1v) is 6.45. The van der Waals surface area contributed by atoms with Crippen molar-refractivity contribution < 1.29 is 0 Å². The highest BCUT2D eigenvalue weighted by molar-refractivity contribution is 5.84. The van der Waals surface area contributed by atoms with Crippen molar-refractivity contribution >= 4 is 10.9 Å². The van der Waals surface area contributed by atoms with E-state index in [-0.39, 0.29) is 0 Å². The number of nitrogens with zero attached hydrogens (tertiary/aromatic N) is 1. The molecule has 0 radical (unpaired) electrons. The van der Waals surface area contributed by atoms with Gasteiger partial charge >= 0.3 is 0 Å². The van der Waals surface area contributed by atoms with Crippen LogP contribution in [0.3, 0.4) is 0 Å². The van der Waals surface area contributed by atoms with Crippen LogP contribution in [0.2, 0.25) is 0 Å². The Morgan fingerprint density at radius 1 is 0.947 bits per heavy atom. The zero-order valence-corrected chi connectivity index (χ0v) is 10.9. The van der Waals surface area contributed by atoms with Gasteiger partial charge in [-0.25, -0.2) is 0 Å². The van der Waals surface area contributed by atoms with Crippen molar-refractivity contribution in [2.24, 2.45) is 0 Å². The van der Waals surface area contributed by atoms with Gasteiger partial charge in [-0.05, 0) is 41.9 Å². The molecular formula is C17H16N2. The maximum Gasteiger partial charge on any atom is 0.0708 e. The Morgan fingerprint density at radius 3 is 2.74 bits per heavy atom. The first kappa shape index (κ1) is 11.9. The molecule has 0 atom stereocenters. The van der Waals surface area contributed by atoms with Crippen LogP contribution >= 0.6 is 0 Å². The lowest BCUT2D eigenvalue weighted by Gasteiger charge is -2.06. The minimum atomic E-state index is 0.889. The van der Waals surface area contributed by atoms with Gasteiger partial charge in [-0.15, -0.1) is 0 Å². The first-order chi connectivity index (χ1) is 9.36. The SMILES string of the molecule is CNCc1cccc(-c2ccc3cccnc3c2)c1. The van der Waals surface area contributed by atoms with E-state index in [4.69, 9.17) is 0 Å². The van der Waals surface area contributed by atoms with Gasteiger partial charge in [-0.1, -0.05) is 36.4 Å². The van der Waals surface area contributed by atoms with E-state index in [0.717, 1.165) is 12.1 Å². The highest BCUT2D eigenvalue weighted by Crippen LogP contribution is 2.24. The Labute approximate surface area is 113 Å². The van der Waals surface area contributed by atoms with Crippen LogP contribution < -0.4 is 5.32 Å². The van der Waals surface area contributed by atoms with Gasteiger partial charge in [0.1, 0.15) is 0 Å². The van der Waals surface area contributed by atoms with E-state index >= 15 is 0 Å². The second-order valence-electron chi connectivity index (χ2n) is 4.64. The average molecular weight is 248 g/mol. The van der Waals surface area contributed by atoms with Crippen molar-refractivity contribution in [3.8, 4) is 11.1 Å². The van der Waals surface area contributed by atoms with Gasteiger partial charge < -0.3 is 5.32 Å². The summed E-state index contributed by atoms with van der Waals surface area (Å²) in [5, 5.41) is 4.36. The molecule has 0 fully saturated rings. The predicted molar refractivity (Wildman–Crippen MR) is 79.9 cm³/mol. The van der Waals surface area contributed by atoms with Gasteiger partial charge in [-0.3, -0.25) is 4.98 Å². The maximum absolute atomic E-state index is 4.41. The molecule has 0 aliphatic heterocycles. The molecule has 2 heteroatoms. The van der Waals surface area contributed by atoms with E-state index in [1.165, 1.54) is 22.1 Å². The van der Waals surface area contributed by atoms with Crippen molar-refractivity contribution in [2.45, 2.75) is 6.54 Å². The van der Waals surface area contributed by atoms with E-state index in [0.29, 0.717) is 0 Å². The molecular weight excluding hydrogens is 232 g/mol. The summed E-state index contributed by atoms with van der Waals surface area (Å²) in [6.45, 7) is 0.889. The topological polar surface area (TPSA) is 24.9 Å². The van der Waals surface area contributed by atoms with Crippen LogP contribution in [-0.4, -0.2) is 12.0 Å². The third kappa shape index (κ3) is 2.49. The smallest absolute Gasteiger partial charge is 0.0708 e. The van der Waals surface area contributed by atoms with Crippen LogP contribution in [0, 0.1) is 0 Å². The molecule has 2 aromatic carbocycles. The van der Waals surface area contributed by atoms with Crippen LogP contribution in [0.25, 0.3) is 22.0 Å². The number of nitrogens with one attached hydrogen (secondary N) is 1. The third-order valence-corrected chi connectivity index (χ3v) is 3.25. The molecule has 1 heterocycles. The maximum atomic E-state index is 4.41. The van der Waals surface area contributed by atoms with E-state index in [1.807, 2.05) is 19.3 Å². The van der Waals surface area contributed by atoms with E-state index in [1.54, 1.807) is 0 Å². The quantitative estimate of drug-likeness (QED) is 0.765. The average Bonchev–Trinajstić information content (AvgIpc) is 2.47. The number of aromatic nitrogens is 1. The lowest BCUT2D eigenvalue weighted by molar-refractivity contribution is 0.818. The van der Waals surface area contributed by atoms with Crippen LogP contribution in [0.15, 0.2) is 60.8 Å². The van der Waals surface area contributed by atoms with Crippen LogP contribution in [0.1, 0.15) is 5.56 Å². The molecule has 0 saturated heterocycles. The predicted octanol–water partition coefficient (Wildman–Crippen LogP) is 3.62. The Balaban J connectivity index is 2.05. The van der Waals surface area contributed by atoms with Crippen LogP contribution in [-0.2, 0) is 6.54 Å². The monoisotopic (exact) mass is 248 g/mol. The highest BCUT2D eigenvalue weighted by Gasteiger charge is 2.01. The molecule has 0 aliphatic rings. The van der Waals surface area contributed by atoms with Gasteiger partial charge in [0, 0.05) is 18.1 Å². The summed E-state index contributed by atoms with van der Waals surface area (Å²) >= 11 is 0. The number of benzene rings is 2. The van der Waals surface area contributed by atoms with Gasteiger partial charge in [0.25, 0.3) is 0 Å². The molecule has 94 valence electrons. The summed E-state index contributed by atoms with van der Waals surface area (Å²) in [6, 6.07) is 19.1. The van der Waals surface area contributed by atoms with E-state index in [9.17, 15) is 0 Å². The molecule has 3 rings (SSSR count). The Kier molecular flexibility index (Phi) is 3.25. The van der Waals surface area contributed by atoms with Crippen molar-refractivity contribution in [1.82, 2.24) is 10.3 Å². The fraction of sp³-hybridized carbons (Fsp3) is 0.118. The molecule has 1 aromatic heterocycles. The zero-order chi connectivity index (χ0) is 13.1. The standard InChI is InChI=1S/C17H16N2/c1-18-12-13-4-2-5-15(10-13)16-8-7-14-6-3-9-19-17(14)11-16/h2-11,18H,12H2,1H3. The lowest BCUT2D eigenvalue weighted by Crippen LogP contribution is -2.04. The molecule has 0 spiro atoms. The summed E-state index contributed by atoms with van der Waals surface area (Å²) in [4.78, 5) is 4.41. The number of hydrogen-bond donors (Lipinski definition) is 1. The largest absolute Gasteiger partial charge is 0.316 e. The normalized spacial score (nSPS) is 10.8. The van der Waals surface area contributed by atoms with Crippen molar-refractivity contribution in [3.05, 3.63) is 66.4 Å². The lowest BCUT2D eigenvalue weighted by atomic mass is 10.0. The molecule has 0 bridgehead atoms. The molecule has 3 aromatic rings. The number of fused-ring (bicyclic) bond motifs is 1. The van der Waals surface area contributed by atoms with Crippen LogP contribution in [0.4, 0.5) is 0 Å². The van der Waals surface area contributed by atoms with Gasteiger partial charge in [0.05, 0.1) is 5.52 Å². The Bertz CT molecular complexity index is 704. The zero-order valence-electron chi connectivity index (χ0n) is 10.9. The fourth-order valence-corrected chi connectivity index (χ4v) is 2.31. The number of hydrogen-bond acceptors (Lipinski definition) is 2. The molecule has 2 nitrogen and oxygen atoms in total. The summed E-state index contributed by atoms with van der Waals surface area (Å²) < 4.78 is 0. The second kappa shape index (κ2) is 5.21. The molecule has 1 N–H and O–H groups in total. The number of pyridine rings is 1. The summed E-state index contributed by atoms with van der Waals surface area (Å²) in [7, 11) is 1.96. The number of rotatable bonds is 3. The summed E-state index contributed by atoms with van der Waals surface area (Å²) in [5.74, 6) is 0. The van der Waals surface area contributed by atoms with Gasteiger partial charge in [0.15, 0.2) is 0 Å². The van der Waals surface area contributed by atoms with Crippen molar-refractivity contribution in [1.29, 1.82) is 0 Å². The highest BCUT2D eigenvalue weighted by atomic mass is 14.8. The minimum absolute atomic E-state index is 0.889. The Hall–Kier alpha value is -2.19. The first-order valence-electron chi connectivity index (χ1n) is 6.45. The van der Waals surface area contributed by atoms with E-state index < -0.39 is 0 Å². The molecule has 0 amide bonds. The third-order valence-electron chi connectivity index (χ3n) is 3.25. The van der Waals surface area contributed by atoms with E-state index in [2.05, 4.69) is 58.8 Å².